The molecule has 2 N–H and O–H groups in total. The second-order valence-electron chi connectivity index (χ2n) is 2.66. The summed E-state index contributed by atoms with van der Waals surface area (Å²) in [5.74, 6) is -0.349. The fraction of sp³-hybridized carbons (Fsp3) is 0.250. The van der Waals surface area contributed by atoms with Gasteiger partial charge in [0.1, 0.15) is 5.75 Å². The first-order valence-electron chi connectivity index (χ1n) is 3.73. The lowest BCUT2D eigenvalue weighted by Gasteiger charge is -2.13. The number of benzene rings is 1. The van der Waals surface area contributed by atoms with Gasteiger partial charge in [0, 0.05) is 17.0 Å². The van der Waals surface area contributed by atoms with Gasteiger partial charge in [-0.15, -0.1) is 13.2 Å². The van der Waals surface area contributed by atoms with E-state index >= 15 is 0 Å². The van der Waals surface area contributed by atoms with Crippen LogP contribution in [0.2, 0.25) is 5.02 Å². The van der Waals surface area contributed by atoms with Gasteiger partial charge < -0.3 is 10.5 Å². The minimum absolute atomic E-state index is 0.0268. The van der Waals surface area contributed by atoms with Crippen LogP contribution in [0.3, 0.4) is 0 Å². The van der Waals surface area contributed by atoms with E-state index in [0.29, 0.717) is 0 Å². The summed E-state index contributed by atoms with van der Waals surface area (Å²) in [7, 11) is 0. The van der Waals surface area contributed by atoms with Gasteiger partial charge in [-0.2, -0.15) is 0 Å². The van der Waals surface area contributed by atoms with E-state index in [1.54, 1.807) is 0 Å². The van der Waals surface area contributed by atoms with Crippen molar-refractivity contribution in [3.63, 3.8) is 0 Å². The van der Waals surface area contributed by atoms with Crippen LogP contribution in [0.1, 0.15) is 5.56 Å². The van der Waals surface area contributed by atoms with Crippen molar-refractivity contribution in [1.29, 1.82) is 0 Å². The number of rotatable bonds is 2. The van der Waals surface area contributed by atoms with Gasteiger partial charge in [0.25, 0.3) is 0 Å². The summed E-state index contributed by atoms with van der Waals surface area (Å²) in [5.41, 5.74) is 5.93. The molecule has 0 radical (unpaired) electrons. The summed E-state index contributed by atoms with van der Waals surface area (Å²) >= 11 is 8.61. The number of anilines is 1. The van der Waals surface area contributed by atoms with Crippen LogP contribution in [0, 0.1) is 0 Å². The van der Waals surface area contributed by atoms with Crippen LogP contribution in [-0.4, -0.2) is 6.36 Å². The molecule has 0 amide bonds. The number of hydrogen-bond donors (Lipinski definition) is 1. The Bertz CT molecular complexity index is 370. The zero-order chi connectivity index (χ0) is 11.6. The van der Waals surface area contributed by atoms with Gasteiger partial charge in [0.15, 0.2) is 0 Å². The first-order chi connectivity index (χ1) is 6.83. The van der Waals surface area contributed by atoms with Crippen molar-refractivity contribution in [2.24, 2.45) is 0 Å². The summed E-state index contributed by atoms with van der Waals surface area (Å²) in [6, 6.07) is 2.37. The molecular weight excluding hydrogens is 298 g/mol. The topological polar surface area (TPSA) is 35.2 Å². The SMILES string of the molecule is Nc1cc(CBr)c(OC(F)(F)F)cc1Cl. The molecule has 84 valence electrons. The van der Waals surface area contributed by atoms with E-state index in [2.05, 4.69) is 20.7 Å². The molecule has 0 aromatic heterocycles. The normalized spacial score (nSPS) is 11.5. The maximum absolute atomic E-state index is 12.0. The molecule has 0 spiro atoms. The quantitative estimate of drug-likeness (QED) is 0.667. The van der Waals surface area contributed by atoms with Crippen molar-refractivity contribution in [1.82, 2.24) is 0 Å². The van der Waals surface area contributed by atoms with Crippen LogP contribution in [0.4, 0.5) is 18.9 Å². The monoisotopic (exact) mass is 303 g/mol. The smallest absolute Gasteiger partial charge is 0.405 e. The van der Waals surface area contributed by atoms with Gasteiger partial charge in [0.05, 0.1) is 10.7 Å². The number of nitrogens with two attached hydrogens (primary N) is 1. The minimum atomic E-state index is -4.74. The molecule has 0 aliphatic heterocycles. The molecule has 1 rings (SSSR count). The molecular formula is C8H6BrClF3NO. The molecule has 0 aliphatic rings. The minimum Gasteiger partial charge on any atom is -0.405 e. The highest BCUT2D eigenvalue weighted by Crippen LogP contribution is 2.33. The Labute approximate surface area is 97.3 Å². The molecule has 0 saturated heterocycles. The fourth-order valence-electron chi connectivity index (χ4n) is 0.943. The maximum atomic E-state index is 12.0. The van der Waals surface area contributed by atoms with Gasteiger partial charge >= 0.3 is 6.36 Å². The van der Waals surface area contributed by atoms with Crippen LogP contribution in [0.5, 0.6) is 5.75 Å². The van der Waals surface area contributed by atoms with Crippen LogP contribution in [-0.2, 0) is 5.33 Å². The first kappa shape index (κ1) is 12.4. The Balaban J connectivity index is 3.11. The summed E-state index contributed by atoms with van der Waals surface area (Å²) in [4.78, 5) is 0. The molecule has 0 bridgehead atoms. The third-order valence-corrected chi connectivity index (χ3v) is 2.48. The lowest BCUT2D eigenvalue weighted by Crippen LogP contribution is -2.18. The van der Waals surface area contributed by atoms with E-state index < -0.39 is 6.36 Å². The Kier molecular flexibility index (Phi) is 3.72. The van der Waals surface area contributed by atoms with Crippen LogP contribution in [0.15, 0.2) is 12.1 Å². The van der Waals surface area contributed by atoms with E-state index in [1.165, 1.54) is 6.07 Å². The first-order valence-corrected chi connectivity index (χ1v) is 5.23. The number of ether oxygens (including phenoxy) is 1. The molecule has 1 aromatic rings. The third kappa shape index (κ3) is 3.46. The lowest BCUT2D eigenvalue weighted by molar-refractivity contribution is -0.274. The second kappa shape index (κ2) is 4.49. The molecule has 1 aromatic carbocycles. The highest BCUT2D eigenvalue weighted by Gasteiger charge is 2.32. The predicted molar refractivity (Wildman–Crippen MR) is 55.2 cm³/mol. The number of nitrogen functional groups attached to an aromatic ring is 1. The zero-order valence-electron chi connectivity index (χ0n) is 7.24. The van der Waals surface area contributed by atoms with Crippen molar-refractivity contribution in [2.45, 2.75) is 11.7 Å². The van der Waals surface area contributed by atoms with E-state index in [4.69, 9.17) is 17.3 Å². The predicted octanol–water partition coefficient (Wildman–Crippen LogP) is 3.72. The van der Waals surface area contributed by atoms with Crippen molar-refractivity contribution in [3.05, 3.63) is 22.7 Å². The van der Waals surface area contributed by atoms with Crippen molar-refractivity contribution >= 4 is 33.2 Å². The molecule has 15 heavy (non-hydrogen) atoms. The van der Waals surface area contributed by atoms with Gasteiger partial charge in [-0.05, 0) is 6.07 Å². The zero-order valence-corrected chi connectivity index (χ0v) is 9.58. The number of halogens is 5. The van der Waals surface area contributed by atoms with E-state index in [0.717, 1.165) is 6.07 Å². The summed E-state index contributed by atoms with van der Waals surface area (Å²) < 4.78 is 39.7. The number of hydrogen-bond acceptors (Lipinski definition) is 2. The highest BCUT2D eigenvalue weighted by atomic mass is 79.9. The number of alkyl halides is 4. The molecule has 0 fully saturated rings. The van der Waals surface area contributed by atoms with Crippen molar-refractivity contribution < 1.29 is 17.9 Å². The van der Waals surface area contributed by atoms with Crippen molar-refractivity contribution in [3.8, 4) is 5.75 Å². The van der Waals surface area contributed by atoms with E-state index in [1.807, 2.05) is 0 Å². The van der Waals surface area contributed by atoms with Gasteiger partial charge in [0.2, 0.25) is 0 Å². The fourth-order valence-corrected chi connectivity index (χ4v) is 1.53. The average Bonchev–Trinajstić information content (AvgIpc) is 2.08. The summed E-state index contributed by atoms with van der Waals surface area (Å²) in [5, 5.41) is 0.221. The van der Waals surface area contributed by atoms with E-state index in [-0.39, 0.29) is 27.4 Å². The van der Waals surface area contributed by atoms with Crippen LogP contribution >= 0.6 is 27.5 Å². The molecule has 0 heterocycles. The summed E-state index contributed by atoms with van der Waals surface area (Å²) in [6.07, 6.45) is -4.74. The van der Waals surface area contributed by atoms with Gasteiger partial charge in [-0.3, -0.25) is 0 Å². The second-order valence-corrected chi connectivity index (χ2v) is 3.63. The van der Waals surface area contributed by atoms with Gasteiger partial charge in [-0.1, -0.05) is 27.5 Å². The molecule has 0 saturated carbocycles. The highest BCUT2D eigenvalue weighted by molar-refractivity contribution is 9.08. The Hall–Kier alpha value is -0.620. The third-order valence-electron chi connectivity index (χ3n) is 1.55. The Morgan fingerprint density at radius 2 is 2.00 bits per heavy atom. The molecule has 2 nitrogen and oxygen atoms in total. The Morgan fingerprint density at radius 3 is 2.47 bits per heavy atom. The van der Waals surface area contributed by atoms with Crippen LogP contribution in [0.25, 0.3) is 0 Å². The van der Waals surface area contributed by atoms with E-state index in [9.17, 15) is 13.2 Å². The largest absolute Gasteiger partial charge is 0.573 e. The summed E-state index contributed by atoms with van der Waals surface area (Å²) in [6.45, 7) is 0. The Morgan fingerprint density at radius 1 is 1.40 bits per heavy atom. The standard InChI is InChI=1S/C8H6BrClF3NO/c9-3-4-1-6(14)5(10)2-7(4)15-8(11,12)13/h1-2H,3,14H2. The maximum Gasteiger partial charge on any atom is 0.573 e. The van der Waals surface area contributed by atoms with Crippen LogP contribution < -0.4 is 10.5 Å². The van der Waals surface area contributed by atoms with Crippen molar-refractivity contribution in [2.75, 3.05) is 5.73 Å². The lowest BCUT2D eigenvalue weighted by atomic mass is 10.2. The molecule has 0 unspecified atom stereocenters. The molecule has 7 heteroatoms. The molecule has 0 aliphatic carbocycles. The molecule has 0 atom stereocenters. The average molecular weight is 304 g/mol. The van der Waals surface area contributed by atoms with Gasteiger partial charge in [-0.25, -0.2) is 0 Å².